The first-order chi connectivity index (χ1) is 11.8. The molecule has 0 saturated carbocycles. The van der Waals surface area contributed by atoms with Gasteiger partial charge in [0, 0.05) is 38.8 Å². The minimum atomic E-state index is -0.499. The van der Waals surface area contributed by atoms with Crippen LogP contribution < -0.4 is 21.3 Å². The molecule has 0 aromatic rings. The van der Waals surface area contributed by atoms with Crippen molar-refractivity contribution in [2.24, 2.45) is 0 Å². The lowest BCUT2D eigenvalue weighted by molar-refractivity contribution is -0.124. The highest BCUT2D eigenvalue weighted by Gasteiger charge is 2.26. The Kier molecular flexibility index (Phi) is 8.86. The SMILES string of the molecule is CCNC(=O)NC(=O)CN1CCN(CC(=O)NC(=O)NCC)C(C)C1. The summed E-state index contributed by atoms with van der Waals surface area (Å²) in [6.07, 6.45) is 0. The summed E-state index contributed by atoms with van der Waals surface area (Å²) in [6.45, 7) is 8.43. The van der Waals surface area contributed by atoms with Crippen LogP contribution in [-0.4, -0.2) is 85.5 Å². The molecule has 0 bridgehead atoms. The highest BCUT2D eigenvalue weighted by molar-refractivity contribution is 5.95. The molecule has 6 amide bonds. The number of piperazine rings is 1. The number of nitrogens with one attached hydrogen (secondary N) is 4. The zero-order valence-electron chi connectivity index (χ0n) is 15.1. The maximum Gasteiger partial charge on any atom is 0.321 e. The summed E-state index contributed by atoms with van der Waals surface area (Å²) in [5.41, 5.74) is 0. The fourth-order valence-electron chi connectivity index (χ4n) is 2.58. The second-order valence-electron chi connectivity index (χ2n) is 5.87. The molecule has 0 aliphatic carbocycles. The highest BCUT2D eigenvalue weighted by Crippen LogP contribution is 2.08. The molecule has 1 saturated heterocycles. The summed E-state index contributed by atoms with van der Waals surface area (Å²) in [6, 6.07) is -0.951. The van der Waals surface area contributed by atoms with Gasteiger partial charge in [-0.05, 0) is 20.8 Å². The Labute approximate surface area is 147 Å². The first-order valence-corrected chi connectivity index (χ1v) is 8.47. The van der Waals surface area contributed by atoms with E-state index in [1.54, 1.807) is 13.8 Å². The second kappa shape index (κ2) is 10.6. The van der Waals surface area contributed by atoms with Crippen LogP contribution in [0.3, 0.4) is 0 Å². The van der Waals surface area contributed by atoms with E-state index in [0.29, 0.717) is 32.7 Å². The maximum absolute atomic E-state index is 11.8. The summed E-state index contributed by atoms with van der Waals surface area (Å²) in [7, 11) is 0. The summed E-state index contributed by atoms with van der Waals surface area (Å²) >= 11 is 0. The van der Waals surface area contributed by atoms with Gasteiger partial charge in [0.15, 0.2) is 0 Å². The van der Waals surface area contributed by atoms with Crippen LogP contribution >= 0.6 is 0 Å². The maximum atomic E-state index is 11.8. The molecule has 0 aromatic heterocycles. The number of rotatable bonds is 6. The van der Waals surface area contributed by atoms with Crippen LogP contribution in [0.5, 0.6) is 0 Å². The predicted octanol–water partition coefficient (Wildman–Crippen LogP) is -1.32. The van der Waals surface area contributed by atoms with E-state index in [1.807, 2.05) is 16.7 Å². The minimum absolute atomic E-state index is 0.0472. The van der Waals surface area contributed by atoms with E-state index in [0.717, 1.165) is 0 Å². The number of imide groups is 2. The van der Waals surface area contributed by atoms with Gasteiger partial charge in [0.05, 0.1) is 13.1 Å². The molecule has 1 heterocycles. The molecule has 1 atom stereocenters. The Balaban J connectivity index is 2.36. The number of amides is 6. The fourth-order valence-corrected chi connectivity index (χ4v) is 2.58. The van der Waals surface area contributed by atoms with Crippen molar-refractivity contribution >= 4 is 23.9 Å². The Morgan fingerprint density at radius 3 is 1.88 bits per heavy atom. The molecule has 0 spiro atoms. The van der Waals surface area contributed by atoms with Gasteiger partial charge in [0.25, 0.3) is 0 Å². The van der Waals surface area contributed by atoms with Crippen LogP contribution in [0.15, 0.2) is 0 Å². The summed E-state index contributed by atoms with van der Waals surface area (Å²) in [5.74, 6) is -0.721. The zero-order chi connectivity index (χ0) is 18.8. The van der Waals surface area contributed by atoms with E-state index in [4.69, 9.17) is 0 Å². The molecule has 10 nitrogen and oxygen atoms in total. The molecule has 1 fully saturated rings. The van der Waals surface area contributed by atoms with E-state index >= 15 is 0 Å². The topological polar surface area (TPSA) is 123 Å². The number of urea groups is 2. The smallest absolute Gasteiger partial charge is 0.321 e. The Hall–Kier alpha value is -2.20. The standard InChI is InChI=1S/C15H28N6O4/c1-4-16-14(24)18-12(22)9-20-6-7-21(11(3)8-20)10-13(23)19-15(25)17-5-2/h11H,4-10H2,1-3H3,(H2,16,18,22,24)(H2,17,19,23,25). The molecule has 1 aliphatic rings. The van der Waals surface area contributed by atoms with Gasteiger partial charge in [0.1, 0.15) is 0 Å². The summed E-state index contributed by atoms with van der Waals surface area (Å²) in [4.78, 5) is 50.2. The first-order valence-electron chi connectivity index (χ1n) is 8.47. The monoisotopic (exact) mass is 356 g/mol. The average molecular weight is 356 g/mol. The summed E-state index contributed by atoms with van der Waals surface area (Å²) < 4.78 is 0. The van der Waals surface area contributed by atoms with Gasteiger partial charge in [-0.1, -0.05) is 0 Å². The number of carbonyl (C=O) groups excluding carboxylic acids is 4. The van der Waals surface area contributed by atoms with E-state index in [1.165, 1.54) is 0 Å². The van der Waals surface area contributed by atoms with Gasteiger partial charge in [0.2, 0.25) is 11.8 Å². The molecule has 4 N–H and O–H groups in total. The van der Waals surface area contributed by atoms with Crippen molar-refractivity contribution in [3.05, 3.63) is 0 Å². The first kappa shape index (κ1) is 20.8. The molecule has 1 aliphatic heterocycles. The lowest BCUT2D eigenvalue weighted by Gasteiger charge is -2.39. The lowest BCUT2D eigenvalue weighted by atomic mass is 10.2. The Bertz CT molecular complexity index is 498. The minimum Gasteiger partial charge on any atom is -0.338 e. The molecule has 1 rings (SSSR count). The van der Waals surface area contributed by atoms with Crippen molar-refractivity contribution in [3.8, 4) is 0 Å². The van der Waals surface area contributed by atoms with Crippen molar-refractivity contribution in [3.63, 3.8) is 0 Å². The Morgan fingerprint density at radius 1 is 0.880 bits per heavy atom. The lowest BCUT2D eigenvalue weighted by Crippen LogP contribution is -2.56. The molecule has 10 heteroatoms. The van der Waals surface area contributed by atoms with Gasteiger partial charge in [-0.15, -0.1) is 0 Å². The fraction of sp³-hybridized carbons (Fsp3) is 0.733. The van der Waals surface area contributed by atoms with Crippen LogP contribution in [-0.2, 0) is 9.59 Å². The molecular weight excluding hydrogens is 328 g/mol. The van der Waals surface area contributed by atoms with Crippen molar-refractivity contribution < 1.29 is 19.2 Å². The van der Waals surface area contributed by atoms with Gasteiger partial charge in [-0.2, -0.15) is 0 Å². The third-order valence-corrected chi connectivity index (χ3v) is 3.74. The molecule has 25 heavy (non-hydrogen) atoms. The average Bonchev–Trinajstić information content (AvgIpc) is 2.50. The third kappa shape index (κ3) is 7.94. The van der Waals surface area contributed by atoms with E-state index < -0.39 is 12.1 Å². The predicted molar refractivity (Wildman–Crippen MR) is 91.9 cm³/mol. The number of carbonyl (C=O) groups is 4. The Morgan fingerprint density at radius 2 is 1.40 bits per heavy atom. The van der Waals surface area contributed by atoms with Crippen LogP contribution in [0.1, 0.15) is 20.8 Å². The summed E-state index contributed by atoms with van der Waals surface area (Å²) in [5, 5.41) is 9.54. The van der Waals surface area contributed by atoms with E-state index in [9.17, 15) is 19.2 Å². The number of hydrogen-bond donors (Lipinski definition) is 4. The quantitative estimate of drug-likeness (QED) is 0.468. The van der Waals surface area contributed by atoms with Gasteiger partial charge < -0.3 is 10.6 Å². The molecule has 0 aromatic carbocycles. The van der Waals surface area contributed by atoms with Crippen LogP contribution in [0.25, 0.3) is 0 Å². The van der Waals surface area contributed by atoms with E-state index in [-0.39, 0.29) is 30.9 Å². The van der Waals surface area contributed by atoms with Gasteiger partial charge in [-0.25, -0.2) is 9.59 Å². The van der Waals surface area contributed by atoms with Gasteiger partial charge >= 0.3 is 12.1 Å². The molecule has 142 valence electrons. The second-order valence-corrected chi connectivity index (χ2v) is 5.87. The van der Waals surface area contributed by atoms with Crippen LogP contribution in [0.4, 0.5) is 9.59 Å². The largest absolute Gasteiger partial charge is 0.338 e. The van der Waals surface area contributed by atoms with Crippen molar-refractivity contribution in [2.75, 3.05) is 45.8 Å². The normalized spacial score (nSPS) is 18.3. The molecular formula is C15H28N6O4. The molecule has 0 radical (unpaired) electrons. The third-order valence-electron chi connectivity index (χ3n) is 3.74. The van der Waals surface area contributed by atoms with Crippen molar-refractivity contribution in [1.82, 2.24) is 31.1 Å². The van der Waals surface area contributed by atoms with Crippen molar-refractivity contribution in [1.29, 1.82) is 0 Å². The van der Waals surface area contributed by atoms with Crippen LogP contribution in [0, 0.1) is 0 Å². The highest BCUT2D eigenvalue weighted by atomic mass is 16.2. The van der Waals surface area contributed by atoms with Crippen molar-refractivity contribution in [2.45, 2.75) is 26.8 Å². The van der Waals surface area contributed by atoms with Gasteiger partial charge in [-0.3, -0.25) is 30.0 Å². The number of nitrogens with zero attached hydrogens (tertiary/aromatic N) is 2. The van der Waals surface area contributed by atoms with Crippen LogP contribution in [0.2, 0.25) is 0 Å². The number of hydrogen-bond acceptors (Lipinski definition) is 6. The van der Waals surface area contributed by atoms with E-state index in [2.05, 4.69) is 21.3 Å². The molecule has 1 unspecified atom stereocenters. The zero-order valence-corrected chi connectivity index (χ0v) is 15.1.